The van der Waals surface area contributed by atoms with Crippen LogP contribution in [-0.2, 0) is 12.5 Å². The van der Waals surface area contributed by atoms with Crippen LogP contribution < -0.4 is 5.32 Å². The molecule has 0 aliphatic carbocycles. The molecule has 5 heteroatoms. The molecule has 0 bridgehead atoms. The standard InChI is InChI=1S/C14H24N4O/c1-10-8-18(7-6-15-10)13(19)11-9-17(5)16-12(11)14(2,3)4/h9-10,15H,6-8H2,1-5H3/t10-/m1/s1. The molecule has 1 aromatic heterocycles. The number of carbonyl (C=O) groups excluding carboxylic acids is 1. The van der Waals surface area contributed by atoms with Crippen molar-refractivity contribution in [3.8, 4) is 0 Å². The average Bonchev–Trinajstić information content (AvgIpc) is 2.70. The largest absolute Gasteiger partial charge is 0.336 e. The van der Waals surface area contributed by atoms with E-state index in [4.69, 9.17) is 0 Å². The van der Waals surface area contributed by atoms with Crippen molar-refractivity contribution < 1.29 is 4.79 Å². The van der Waals surface area contributed by atoms with Gasteiger partial charge in [-0.25, -0.2) is 0 Å². The molecular weight excluding hydrogens is 240 g/mol. The summed E-state index contributed by atoms with van der Waals surface area (Å²) < 4.78 is 1.74. The van der Waals surface area contributed by atoms with Crippen molar-refractivity contribution in [3.63, 3.8) is 0 Å². The number of piperazine rings is 1. The second-order valence-corrected chi connectivity index (χ2v) is 6.42. The van der Waals surface area contributed by atoms with Crippen LogP contribution in [0.4, 0.5) is 0 Å². The lowest BCUT2D eigenvalue weighted by molar-refractivity contribution is 0.0706. The first kappa shape index (κ1) is 14.1. The monoisotopic (exact) mass is 264 g/mol. The van der Waals surface area contributed by atoms with Gasteiger partial charge in [0.15, 0.2) is 0 Å². The summed E-state index contributed by atoms with van der Waals surface area (Å²) in [4.78, 5) is 14.6. The summed E-state index contributed by atoms with van der Waals surface area (Å²) in [6.07, 6.45) is 1.84. The molecule has 1 atom stereocenters. The van der Waals surface area contributed by atoms with E-state index in [1.807, 2.05) is 18.1 Å². The Bertz CT molecular complexity index is 472. The first-order valence-electron chi connectivity index (χ1n) is 6.86. The SMILES string of the molecule is C[C@@H]1CN(C(=O)c2cn(C)nc2C(C)(C)C)CCN1. The highest BCUT2D eigenvalue weighted by Gasteiger charge is 2.29. The second kappa shape index (κ2) is 4.96. The van der Waals surface area contributed by atoms with Gasteiger partial charge in [0.1, 0.15) is 0 Å². The van der Waals surface area contributed by atoms with Gasteiger partial charge in [0.05, 0.1) is 11.3 Å². The van der Waals surface area contributed by atoms with Gasteiger partial charge < -0.3 is 10.2 Å². The first-order chi connectivity index (χ1) is 8.79. The summed E-state index contributed by atoms with van der Waals surface area (Å²) in [5.74, 6) is 0.103. The van der Waals surface area contributed by atoms with Crippen LogP contribution in [0.3, 0.4) is 0 Å². The van der Waals surface area contributed by atoms with E-state index in [2.05, 4.69) is 38.1 Å². The Kier molecular flexibility index (Phi) is 3.67. The lowest BCUT2D eigenvalue weighted by atomic mass is 9.89. The number of carbonyl (C=O) groups is 1. The summed E-state index contributed by atoms with van der Waals surface area (Å²) in [6, 6.07) is 0.354. The van der Waals surface area contributed by atoms with E-state index in [9.17, 15) is 4.79 Å². The highest BCUT2D eigenvalue weighted by atomic mass is 16.2. The molecule has 0 unspecified atom stereocenters. The maximum atomic E-state index is 12.7. The molecule has 0 saturated carbocycles. The summed E-state index contributed by atoms with van der Waals surface area (Å²) >= 11 is 0. The Balaban J connectivity index is 2.28. The topological polar surface area (TPSA) is 50.2 Å². The predicted octanol–water partition coefficient (Wildman–Crippen LogP) is 1.15. The molecule has 2 heterocycles. The van der Waals surface area contributed by atoms with E-state index in [1.54, 1.807) is 4.68 Å². The normalized spacial score (nSPS) is 20.7. The van der Waals surface area contributed by atoms with E-state index in [0.717, 1.165) is 30.9 Å². The third-order valence-electron chi connectivity index (χ3n) is 3.43. The van der Waals surface area contributed by atoms with E-state index < -0.39 is 0 Å². The fourth-order valence-corrected chi connectivity index (χ4v) is 2.49. The molecule has 0 aromatic carbocycles. The van der Waals surface area contributed by atoms with E-state index in [-0.39, 0.29) is 11.3 Å². The number of amides is 1. The summed E-state index contributed by atoms with van der Waals surface area (Å²) in [6.45, 7) is 10.8. The van der Waals surface area contributed by atoms with Crippen molar-refractivity contribution in [1.82, 2.24) is 20.0 Å². The summed E-state index contributed by atoms with van der Waals surface area (Å²) in [7, 11) is 1.87. The van der Waals surface area contributed by atoms with E-state index in [1.165, 1.54) is 0 Å². The molecule has 106 valence electrons. The molecule has 1 amide bonds. The summed E-state index contributed by atoms with van der Waals surface area (Å²) in [5, 5.41) is 7.82. The number of hydrogen-bond acceptors (Lipinski definition) is 3. The van der Waals surface area contributed by atoms with Crippen LogP contribution in [0.15, 0.2) is 6.20 Å². The number of nitrogens with one attached hydrogen (secondary N) is 1. The Hall–Kier alpha value is -1.36. The van der Waals surface area contributed by atoms with Crippen molar-refractivity contribution >= 4 is 5.91 Å². The van der Waals surface area contributed by atoms with Gasteiger partial charge in [0.25, 0.3) is 5.91 Å². The lowest BCUT2D eigenvalue weighted by Gasteiger charge is -2.32. The molecule has 1 fully saturated rings. The van der Waals surface area contributed by atoms with Crippen LogP contribution in [0.25, 0.3) is 0 Å². The zero-order valence-corrected chi connectivity index (χ0v) is 12.5. The van der Waals surface area contributed by atoms with Gasteiger partial charge in [-0.3, -0.25) is 9.48 Å². The van der Waals surface area contributed by atoms with Crippen molar-refractivity contribution in [2.75, 3.05) is 19.6 Å². The average molecular weight is 264 g/mol. The third kappa shape index (κ3) is 2.97. The van der Waals surface area contributed by atoms with Gasteiger partial charge in [-0.15, -0.1) is 0 Å². The zero-order valence-electron chi connectivity index (χ0n) is 12.5. The van der Waals surface area contributed by atoms with Gasteiger partial charge >= 0.3 is 0 Å². The number of rotatable bonds is 1. The van der Waals surface area contributed by atoms with E-state index >= 15 is 0 Å². The van der Waals surface area contributed by atoms with Crippen LogP contribution in [0.5, 0.6) is 0 Å². The zero-order chi connectivity index (χ0) is 14.2. The van der Waals surface area contributed by atoms with E-state index in [0.29, 0.717) is 6.04 Å². The van der Waals surface area contributed by atoms with Gasteiger partial charge in [-0.05, 0) is 6.92 Å². The van der Waals surface area contributed by atoms with Crippen molar-refractivity contribution in [2.24, 2.45) is 7.05 Å². The smallest absolute Gasteiger partial charge is 0.257 e. The Labute approximate surface area is 115 Å². The minimum atomic E-state index is -0.119. The van der Waals surface area contributed by atoms with Crippen LogP contribution in [0.2, 0.25) is 0 Å². The molecule has 0 spiro atoms. The minimum absolute atomic E-state index is 0.103. The molecule has 0 radical (unpaired) electrons. The maximum absolute atomic E-state index is 12.7. The summed E-state index contributed by atoms with van der Waals surface area (Å²) in [5.41, 5.74) is 1.50. The van der Waals surface area contributed by atoms with Crippen molar-refractivity contribution in [1.29, 1.82) is 0 Å². The van der Waals surface area contributed by atoms with Crippen molar-refractivity contribution in [2.45, 2.75) is 39.2 Å². The van der Waals surface area contributed by atoms with Gasteiger partial charge in [0.2, 0.25) is 0 Å². The number of hydrogen-bond donors (Lipinski definition) is 1. The maximum Gasteiger partial charge on any atom is 0.257 e. The molecular formula is C14H24N4O. The van der Waals surface area contributed by atoms with Gasteiger partial charge in [0, 0.05) is 44.3 Å². The highest BCUT2D eigenvalue weighted by molar-refractivity contribution is 5.95. The number of aromatic nitrogens is 2. The van der Waals surface area contributed by atoms with Crippen LogP contribution in [-0.4, -0.2) is 46.3 Å². The Morgan fingerprint density at radius 2 is 2.16 bits per heavy atom. The molecule has 1 N–H and O–H groups in total. The van der Waals surface area contributed by atoms with Crippen LogP contribution >= 0.6 is 0 Å². The predicted molar refractivity (Wildman–Crippen MR) is 75.3 cm³/mol. The van der Waals surface area contributed by atoms with Crippen molar-refractivity contribution in [3.05, 3.63) is 17.5 Å². The lowest BCUT2D eigenvalue weighted by Crippen LogP contribution is -2.51. The fourth-order valence-electron chi connectivity index (χ4n) is 2.49. The first-order valence-corrected chi connectivity index (χ1v) is 6.86. The quantitative estimate of drug-likeness (QED) is 0.828. The molecule has 1 aliphatic rings. The highest BCUT2D eigenvalue weighted by Crippen LogP contribution is 2.25. The van der Waals surface area contributed by atoms with Crippen LogP contribution in [0.1, 0.15) is 43.7 Å². The fraction of sp³-hybridized carbons (Fsp3) is 0.714. The molecule has 1 saturated heterocycles. The molecule has 1 aromatic rings. The molecule has 2 rings (SSSR count). The van der Waals surface area contributed by atoms with Gasteiger partial charge in [-0.1, -0.05) is 20.8 Å². The second-order valence-electron chi connectivity index (χ2n) is 6.42. The Morgan fingerprint density at radius 1 is 1.47 bits per heavy atom. The Morgan fingerprint density at radius 3 is 2.74 bits per heavy atom. The third-order valence-corrected chi connectivity index (χ3v) is 3.43. The number of aryl methyl sites for hydroxylation is 1. The number of nitrogens with zero attached hydrogens (tertiary/aromatic N) is 3. The van der Waals surface area contributed by atoms with Gasteiger partial charge in [-0.2, -0.15) is 5.10 Å². The minimum Gasteiger partial charge on any atom is -0.336 e. The van der Waals surface area contributed by atoms with Crippen LogP contribution in [0, 0.1) is 0 Å². The molecule has 5 nitrogen and oxygen atoms in total. The molecule has 19 heavy (non-hydrogen) atoms. The molecule has 1 aliphatic heterocycles.